The number of likely N-dealkylation sites (N-methyl/N-ethyl adjacent to an activating group) is 1. The molecule has 2 N–H and O–H groups in total. The van der Waals surface area contributed by atoms with Crippen molar-refractivity contribution in [2.75, 3.05) is 25.5 Å². The molecule has 3 rings (SSSR count). The van der Waals surface area contributed by atoms with Crippen LogP contribution in [0.3, 0.4) is 0 Å². The standard InChI is InChI=1S/C21H25N3O4/c1-14(2)22-21(26)23-16-8-6-7-15(11-16)20(25)24(3)12-17-13-27-18-9-4-5-10-19(18)28-17/h4-11,14,17H,12-13H2,1-3H3,(H2,22,23,26). The highest BCUT2D eigenvalue weighted by molar-refractivity contribution is 5.96. The van der Waals surface area contributed by atoms with Gasteiger partial charge in [-0.1, -0.05) is 18.2 Å². The molecule has 0 aromatic heterocycles. The van der Waals surface area contributed by atoms with Gasteiger partial charge in [-0.3, -0.25) is 4.79 Å². The van der Waals surface area contributed by atoms with E-state index in [-0.39, 0.29) is 24.1 Å². The van der Waals surface area contributed by atoms with Gasteiger partial charge in [-0.25, -0.2) is 4.79 Å². The van der Waals surface area contributed by atoms with Gasteiger partial charge < -0.3 is 25.0 Å². The molecular formula is C21H25N3O4. The Morgan fingerprint density at radius 1 is 1.14 bits per heavy atom. The molecule has 28 heavy (non-hydrogen) atoms. The zero-order valence-corrected chi connectivity index (χ0v) is 16.3. The van der Waals surface area contributed by atoms with Gasteiger partial charge in [-0.15, -0.1) is 0 Å². The molecule has 0 aliphatic carbocycles. The van der Waals surface area contributed by atoms with E-state index in [0.717, 1.165) is 0 Å². The summed E-state index contributed by atoms with van der Waals surface area (Å²) >= 11 is 0. The van der Waals surface area contributed by atoms with Gasteiger partial charge in [0.05, 0.1) is 6.54 Å². The van der Waals surface area contributed by atoms with E-state index < -0.39 is 0 Å². The third-order valence-corrected chi connectivity index (χ3v) is 4.18. The number of nitrogens with zero attached hydrogens (tertiary/aromatic N) is 1. The topological polar surface area (TPSA) is 79.9 Å². The number of amides is 3. The Labute approximate surface area is 164 Å². The second-order valence-corrected chi connectivity index (χ2v) is 7.02. The zero-order chi connectivity index (χ0) is 20.1. The van der Waals surface area contributed by atoms with Crippen molar-refractivity contribution < 1.29 is 19.1 Å². The number of benzene rings is 2. The summed E-state index contributed by atoms with van der Waals surface area (Å²) in [6.45, 7) is 4.53. The SMILES string of the molecule is CC(C)NC(=O)Nc1cccc(C(=O)N(C)CC2COc3ccccc3O2)c1. The van der Waals surface area contributed by atoms with Crippen molar-refractivity contribution in [3.05, 3.63) is 54.1 Å². The molecule has 0 radical (unpaired) electrons. The maximum atomic E-state index is 12.8. The first-order chi connectivity index (χ1) is 13.4. The van der Waals surface area contributed by atoms with Crippen LogP contribution < -0.4 is 20.1 Å². The number of hydrogen-bond acceptors (Lipinski definition) is 4. The molecule has 0 fully saturated rings. The fraction of sp³-hybridized carbons (Fsp3) is 0.333. The lowest BCUT2D eigenvalue weighted by molar-refractivity contribution is 0.0521. The summed E-state index contributed by atoms with van der Waals surface area (Å²) in [5.41, 5.74) is 1.05. The molecule has 148 valence electrons. The number of fused-ring (bicyclic) bond motifs is 1. The predicted octanol–water partition coefficient (Wildman–Crippen LogP) is 3.13. The molecule has 7 heteroatoms. The minimum absolute atomic E-state index is 0.0267. The van der Waals surface area contributed by atoms with Gasteiger partial charge in [0.25, 0.3) is 5.91 Å². The lowest BCUT2D eigenvalue weighted by Crippen LogP contribution is -2.41. The van der Waals surface area contributed by atoms with E-state index in [1.54, 1.807) is 36.2 Å². The van der Waals surface area contributed by atoms with Crippen molar-refractivity contribution in [3.63, 3.8) is 0 Å². The Hall–Kier alpha value is -3.22. The van der Waals surface area contributed by atoms with Crippen molar-refractivity contribution in [2.24, 2.45) is 0 Å². The van der Waals surface area contributed by atoms with E-state index in [0.29, 0.717) is 35.9 Å². The normalized spacial score (nSPS) is 15.1. The molecule has 0 saturated heterocycles. The molecule has 0 spiro atoms. The first-order valence-corrected chi connectivity index (χ1v) is 9.24. The molecule has 1 heterocycles. The molecule has 1 atom stereocenters. The van der Waals surface area contributed by atoms with Crippen LogP contribution in [-0.4, -0.2) is 49.2 Å². The average Bonchev–Trinajstić information content (AvgIpc) is 2.66. The van der Waals surface area contributed by atoms with Crippen molar-refractivity contribution in [1.82, 2.24) is 10.2 Å². The quantitative estimate of drug-likeness (QED) is 0.831. The molecule has 0 saturated carbocycles. The number of ether oxygens (including phenoxy) is 2. The number of carbonyl (C=O) groups excluding carboxylic acids is 2. The summed E-state index contributed by atoms with van der Waals surface area (Å²) in [5.74, 6) is 1.24. The van der Waals surface area contributed by atoms with Gasteiger partial charge in [-0.05, 0) is 44.2 Å². The Morgan fingerprint density at radius 3 is 2.64 bits per heavy atom. The molecule has 2 aromatic carbocycles. The van der Waals surface area contributed by atoms with Crippen LogP contribution in [0.2, 0.25) is 0 Å². The second-order valence-electron chi connectivity index (χ2n) is 7.02. The second kappa shape index (κ2) is 8.65. The Balaban J connectivity index is 1.60. The number of hydrogen-bond donors (Lipinski definition) is 2. The average molecular weight is 383 g/mol. The van der Waals surface area contributed by atoms with Crippen LogP contribution in [0.5, 0.6) is 11.5 Å². The number of carbonyl (C=O) groups is 2. The lowest BCUT2D eigenvalue weighted by Gasteiger charge is -2.29. The van der Waals surface area contributed by atoms with E-state index in [4.69, 9.17) is 9.47 Å². The highest BCUT2D eigenvalue weighted by Crippen LogP contribution is 2.31. The highest BCUT2D eigenvalue weighted by atomic mass is 16.6. The maximum absolute atomic E-state index is 12.8. The number of para-hydroxylation sites is 2. The van der Waals surface area contributed by atoms with Crippen LogP contribution >= 0.6 is 0 Å². The number of nitrogens with one attached hydrogen (secondary N) is 2. The largest absolute Gasteiger partial charge is 0.486 e. The maximum Gasteiger partial charge on any atom is 0.319 e. The first kappa shape index (κ1) is 19.5. The number of rotatable bonds is 5. The van der Waals surface area contributed by atoms with Crippen molar-refractivity contribution >= 4 is 17.6 Å². The molecule has 0 bridgehead atoms. The minimum Gasteiger partial charge on any atom is -0.486 e. The van der Waals surface area contributed by atoms with E-state index in [9.17, 15) is 9.59 Å². The van der Waals surface area contributed by atoms with Crippen LogP contribution in [-0.2, 0) is 0 Å². The van der Waals surface area contributed by atoms with Gasteiger partial charge in [0, 0.05) is 24.3 Å². The third kappa shape index (κ3) is 4.94. The lowest BCUT2D eigenvalue weighted by atomic mass is 10.1. The fourth-order valence-corrected chi connectivity index (χ4v) is 2.92. The summed E-state index contributed by atoms with van der Waals surface area (Å²) in [4.78, 5) is 26.2. The Morgan fingerprint density at radius 2 is 1.89 bits per heavy atom. The third-order valence-electron chi connectivity index (χ3n) is 4.18. The molecule has 3 amide bonds. The van der Waals surface area contributed by atoms with Gasteiger partial charge in [-0.2, -0.15) is 0 Å². The summed E-state index contributed by atoms with van der Waals surface area (Å²) < 4.78 is 11.6. The molecular weight excluding hydrogens is 358 g/mol. The van der Waals surface area contributed by atoms with Crippen molar-refractivity contribution in [1.29, 1.82) is 0 Å². The monoisotopic (exact) mass is 383 g/mol. The van der Waals surface area contributed by atoms with E-state index in [1.807, 2.05) is 38.1 Å². The summed E-state index contributed by atoms with van der Waals surface area (Å²) in [6, 6.07) is 14.1. The molecule has 1 unspecified atom stereocenters. The van der Waals surface area contributed by atoms with Crippen LogP contribution in [0.4, 0.5) is 10.5 Å². The molecule has 1 aliphatic rings. The van der Waals surface area contributed by atoms with Crippen LogP contribution in [0.15, 0.2) is 48.5 Å². The van der Waals surface area contributed by atoms with Gasteiger partial charge in [0.15, 0.2) is 17.6 Å². The van der Waals surface area contributed by atoms with Gasteiger partial charge >= 0.3 is 6.03 Å². The first-order valence-electron chi connectivity index (χ1n) is 9.24. The Bertz CT molecular complexity index is 853. The van der Waals surface area contributed by atoms with E-state index in [2.05, 4.69) is 10.6 Å². The Kier molecular flexibility index (Phi) is 6.03. The van der Waals surface area contributed by atoms with Crippen molar-refractivity contribution in [2.45, 2.75) is 26.0 Å². The fourth-order valence-electron chi connectivity index (χ4n) is 2.92. The summed E-state index contributed by atoms with van der Waals surface area (Å²) in [7, 11) is 1.72. The van der Waals surface area contributed by atoms with Gasteiger partial charge in [0.2, 0.25) is 0 Å². The predicted molar refractivity (Wildman–Crippen MR) is 107 cm³/mol. The molecule has 2 aromatic rings. The molecule has 1 aliphatic heterocycles. The summed E-state index contributed by atoms with van der Waals surface area (Å²) in [5, 5.41) is 5.48. The number of anilines is 1. The van der Waals surface area contributed by atoms with Crippen LogP contribution in [0.1, 0.15) is 24.2 Å². The van der Waals surface area contributed by atoms with Crippen LogP contribution in [0.25, 0.3) is 0 Å². The highest BCUT2D eigenvalue weighted by Gasteiger charge is 2.24. The van der Waals surface area contributed by atoms with Crippen LogP contribution in [0, 0.1) is 0 Å². The number of urea groups is 1. The van der Waals surface area contributed by atoms with E-state index in [1.165, 1.54) is 0 Å². The van der Waals surface area contributed by atoms with Gasteiger partial charge in [0.1, 0.15) is 6.61 Å². The zero-order valence-electron chi connectivity index (χ0n) is 16.3. The smallest absolute Gasteiger partial charge is 0.319 e. The molecule has 7 nitrogen and oxygen atoms in total. The summed E-state index contributed by atoms with van der Waals surface area (Å²) in [6.07, 6.45) is -0.248. The van der Waals surface area contributed by atoms with E-state index >= 15 is 0 Å². The van der Waals surface area contributed by atoms with Crippen molar-refractivity contribution in [3.8, 4) is 11.5 Å². The minimum atomic E-state index is -0.306.